The molecular formula is C33H26O. The van der Waals surface area contributed by atoms with Gasteiger partial charge in [-0.2, -0.15) is 0 Å². The van der Waals surface area contributed by atoms with Gasteiger partial charge in [-0.05, 0) is 68.9 Å². The van der Waals surface area contributed by atoms with E-state index in [1.165, 1.54) is 54.2 Å². The number of fused-ring (bicyclic) bond motifs is 7. The van der Waals surface area contributed by atoms with Crippen LogP contribution in [0.1, 0.15) is 41.5 Å². The van der Waals surface area contributed by atoms with Gasteiger partial charge in [0.25, 0.3) is 0 Å². The second-order valence-corrected chi connectivity index (χ2v) is 9.91. The van der Waals surface area contributed by atoms with Crippen molar-refractivity contribution in [3.8, 4) is 11.5 Å². The van der Waals surface area contributed by atoms with Gasteiger partial charge in [0.15, 0.2) is 0 Å². The Kier molecular flexibility index (Phi) is 4.23. The van der Waals surface area contributed by atoms with Crippen LogP contribution < -0.4 is 15.2 Å². The predicted molar refractivity (Wildman–Crippen MR) is 142 cm³/mol. The molecule has 5 aromatic rings. The molecule has 0 amide bonds. The zero-order valence-corrected chi connectivity index (χ0v) is 19.5. The van der Waals surface area contributed by atoms with Crippen LogP contribution in [0.5, 0.6) is 11.5 Å². The van der Waals surface area contributed by atoms with Crippen molar-refractivity contribution < 1.29 is 4.74 Å². The minimum atomic E-state index is 0.110. The molecule has 0 radical (unpaired) electrons. The maximum absolute atomic E-state index is 6.63. The van der Waals surface area contributed by atoms with Crippen LogP contribution in [0, 0.1) is 12.8 Å². The SMILES string of the molecule is Cc1ccc2ccc3c(c2c1)C(c1ccc2ccccc2c1)c1c(ccc2c1=CC(C)CC=2)O3. The summed E-state index contributed by atoms with van der Waals surface area (Å²) in [5, 5.41) is 7.76. The van der Waals surface area contributed by atoms with Crippen LogP contribution in [0.2, 0.25) is 0 Å². The lowest BCUT2D eigenvalue weighted by atomic mass is 9.78. The Bertz CT molecular complexity index is 1740. The average Bonchev–Trinajstić information content (AvgIpc) is 2.86. The molecule has 7 rings (SSSR count). The van der Waals surface area contributed by atoms with E-state index in [-0.39, 0.29) is 5.92 Å². The third-order valence-electron chi connectivity index (χ3n) is 7.52. The smallest absolute Gasteiger partial charge is 0.132 e. The van der Waals surface area contributed by atoms with Crippen molar-refractivity contribution in [2.75, 3.05) is 0 Å². The van der Waals surface area contributed by atoms with Gasteiger partial charge in [-0.25, -0.2) is 0 Å². The first-order valence-electron chi connectivity index (χ1n) is 12.2. The highest BCUT2D eigenvalue weighted by Crippen LogP contribution is 2.49. The van der Waals surface area contributed by atoms with Crippen LogP contribution in [-0.2, 0) is 0 Å². The van der Waals surface area contributed by atoms with Crippen molar-refractivity contribution >= 4 is 33.7 Å². The van der Waals surface area contributed by atoms with Crippen molar-refractivity contribution in [2.24, 2.45) is 5.92 Å². The van der Waals surface area contributed by atoms with Gasteiger partial charge in [0.05, 0.1) is 0 Å². The van der Waals surface area contributed by atoms with Gasteiger partial charge in [0.1, 0.15) is 11.5 Å². The lowest BCUT2D eigenvalue weighted by Crippen LogP contribution is -2.35. The quantitative estimate of drug-likeness (QED) is 0.264. The molecule has 0 aromatic heterocycles. The fourth-order valence-corrected chi connectivity index (χ4v) is 5.86. The monoisotopic (exact) mass is 438 g/mol. The summed E-state index contributed by atoms with van der Waals surface area (Å²) >= 11 is 0. The maximum Gasteiger partial charge on any atom is 0.132 e. The van der Waals surface area contributed by atoms with Gasteiger partial charge in [-0.3, -0.25) is 0 Å². The minimum Gasteiger partial charge on any atom is -0.457 e. The lowest BCUT2D eigenvalue weighted by Gasteiger charge is -2.31. The largest absolute Gasteiger partial charge is 0.457 e. The van der Waals surface area contributed by atoms with E-state index in [0.717, 1.165) is 17.9 Å². The Labute approximate surface area is 199 Å². The van der Waals surface area contributed by atoms with E-state index in [1.807, 2.05) is 0 Å². The third kappa shape index (κ3) is 2.93. The molecule has 1 heteroatoms. The van der Waals surface area contributed by atoms with Gasteiger partial charge >= 0.3 is 0 Å². The number of ether oxygens (including phenoxy) is 1. The van der Waals surface area contributed by atoms with Crippen LogP contribution in [-0.4, -0.2) is 0 Å². The summed E-state index contributed by atoms with van der Waals surface area (Å²) in [5.41, 5.74) is 5.17. The highest BCUT2D eigenvalue weighted by Gasteiger charge is 2.32. The molecule has 0 bridgehead atoms. The zero-order valence-electron chi connectivity index (χ0n) is 19.5. The standard InChI is InChI=1S/C33H26O/c1-20-7-9-23-13-15-29-32(27(23)17-20)31(26-12-11-22-5-3-4-6-25(22)19-26)33-28-18-21(2)8-10-24(28)14-16-30(33)34-29/h3-7,9-19,21,31H,8H2,1-2H3. The first-order valence-corrected chi connectivity index (χ1v) is 12.2. The highest BCUT2D eigenvalue weighted by atomic mass is 16.5. The molecule has 1 nitrogen and oxygen atoms in total. The van der Waals surface area contributed by atoms with Crippen LogP contribution >= 0.6 is 0 Å². The van der Waals surface area contributed by atoms with E-state index in [9.17, 15) is 0 Å². The van der Waals surface area contributed by atoms with E-state index in [0.29, 0.717) is 5.92 Å². The number of benzene rings is 5. The lowest BCUT2D eigenvalue weighted by molar-refractivity contribution is 0.453. The summed E-state index contributed by atoms with van der Waals surface area (Å²) in [6, 6.07) is 31.1. The van der Waals surface area contributed by atoms with Crippen molar-refractivity contribution in [3.63, 3.8) is 0 Å². The van der Waals surface area contributed by atoms with Crippen LogP contribution in [0.15, 0.2) is 84.9 Å². The Morgan fingerprint density at radius 1 is 0.735 bits per heavy atom. The average molecular weight is 439 g/mol. The normalized spacial score (nSPS) is 18.3. The van der Waals surface area contributed by atoms with E-state index in [4.69, 9.17) is 4.74 Å². The van der Waals surface area contributed by atoms with E-state index >= 15 is 0 Å². The predicted octanol–water partition coefficient (Wildman–Crippen LogP) is 7.19. The molecule has 1 aliphatic carbocycles. The topological polar surface area (TPSA) is 9.23 Å². The van der Waals surface area contributed by atoms with Gasteiger partial charge in [-0.15, -0.1) is 0 Å². The summed E-state index contributed by atoms with van der Waals surface area (Å²) in [6.45, 7) is 4.48. The Balaban J connectivity index is 1.62. The van der Waals surface area contributed by atoms with Gasteiger partial charge in [-0.1, -0.05) is 97.4 Å². The first-order chi connectivity index (χ1) is 16.7. The molecule has 0 saturated heterocycles. The second-order valence-electron chi connectivity index (χ2n) is 9.91. The van der Waals surface area contributed by atoms with E-state index in [2.05, 4.69) is 111 Å². The highest BCUT2D eigenvalue weighted by molar-refractivity contribution is 5.91. The molecule has 0 spiro atoms. The molecule has 0 fully saturated rings. The van der Waals surface area contributed by atoms with Crippen molar-refractivity contribution in [2.45, 2.75) is 26.2 Å². The van der Waals surface area contributed by atoms with Crippen molar-refractivity contribution in [1.82, 2.24) is 0 Å². The van der Waals surface area contributed by atoms with Gasteiger partial charge in [0, 0.05) is 17.0 Å². The summed E-state index contributed by atoms with van der Waals surface area (Å²) < 4.78 is 6.63. The van der Waals surface area contributed by atoms with Crippen molar-refractivity contribution in [1.29, 1.82) is 0 Å². The summed E-state index contributed by atoms with van der Waals surface area (Å²) in [7, 11) is 0. The molecule has 164 valence electrons. The summed E-state index contributed by atoms with van der Waals surface area (Å²) in [4.78, 5) is 0. The van der Waals surface area contributed by atoms with E-state index < -0.39 is 0 Å². The molecule has 0 N–H and O–H groups in total. The number of hydrogen-bond donors (Lipinski definition) is 0. The number of rotatable bonds is 1. The first kappa shape index (κ1) is 19.6. The van der Waals surface area contributed by atoms with Crippen molar-refractivity contribution in [3.05, 3.63) is 118 Å². The molecule has 1 heterocycles. The molecule has 2 aliphatic rings. The van der Waals surface area contributed by atoms with Gasteiger partial charge in [0.2, 0.25) is 0 Å². The third-order valence-corrected chi connectivity index (χ3v) is 7.52. The summed E-state index contributed by atoms with van der Waals surface area (Å²) in [6.07, 6.45) is 5.93. The molecule has 5 aromatic carbocycles. The fourth-order valence-electron chi connectivity index (χ4n) is 5.86. The maximum atomic E-state index is 6.63. The summed E-state index contributed by atoms with van der Waals surface area (Å²) in [5.74, 6) is 2.58. The van der Waals surface area contributed by atoms with Crippen LogP contribution in [0.3, 0.4) is 0 Å². The molecule has 2 atom stereocenters. The molecule has 34 heavy (non-hydrogen) atoms. The second kappa shape index (κ2) is 7.33. The molecule has 2 unspecified atom stereocenters. The minimum absolute atomic E-state index is 0.110. The fraction of sp³-hybridized carbons (Fsp3) is 0.152. The Hall–Kier alpha value is -3.84. The zero-order chi connectivity index (χ0) is 22.8. The Morgan fingerprint density at radius 3 is 2.41 bits per heavy atom. The number of aryl methyl sites for hydroxylation is 1. The molecule has 0 saturated carbocycles. The van der Waals surface area contributed by atoms with Crippen LogP contribution in [0.4, 0.5) is 0 Å². The van der Waals surface area contributed by atoms with E-state index in [1.54, 1.807) is 0 Å². The van der Waals surface area contributed by atoms with Crippen LogP contribution in [0.25, 0.3) is 33.7 Å². The Morgan fingerprint density at radius 2 is 1.50 bits per heavy atom. The molecular weight excluding hydrogens is 412 g/mol. The molecule has 1 aliphatic heterocycles. The number of hydrogen-bond acceptors (Lipinski definition) is 1. The van der Waals surface area contributed by atoms with Gasteiger partial charge < -0.3 is 4.74 Å².